The van der Waals surface area contributed by atoms with E-state index < -0.39 is 0 Å². The molecule has 0 saturated carbocycles. The van der Waals surface area contributed by atoms with Gasteiger partial charge in [0.1, 0.15) is 0 Å². The van der Waals surface area contributed by atoms with Gasteiger partial charge in [0.15, 0.2) is 12.3 Å². The monoisotopic (exact) mass is 440 g/mol. The van der Waals surface area contributed by atoms with Crippen molar-refractivity contribution in [2.24, 2.45) is 0 Å². The van der Waals surface area contributed by atoms with Crippen LogP contribution >= 0.6 is 0 Å². The number of aryl methyl sites for hydroxylation is 4. The van der Waals surface area contributed by atoms with Crippen molar-refractivity contribution in [3.8, 4) is 11.6 Å². The maximum Gasteiger partial charge on any atom is 0.264 e. The van der Waals surface area contributed by atoms with Gasteiger partial charge in [-0.15, -0.1) is 0 Å². The Morgan fingerprint density at radius 3 is 2.67 bits per heavy atom. The number of carbonyl (C=O) groups is 1. The van der Waals surface area contributed by atoms with Gasteiger partial charge in [-0.1, -0.05) is 37.3 Å². The van der Waals surface area contributed by atoms with Crippen LogP contribution in [0.5, 0.6) is 5.88 Å². The first-order valence-corrected chi connectivity index (χ1v) is 11.5. The predicted molar refractivity (Wildman–Crippen MR) is 130 cm³/mol. The van der Waals surface area contributed by atoms with Crippen molar-refractivity contribution in [2.45, 2.75) is 40.0 Å². The van der Waals surface area contributed by atoms with Crippen LogP contribution in [0.3, 0.4) is 0 Å². The lowest BCUT2D eigenvalue weighted by Crippen LogP contribution is -2.38. The highest BCUT2D eigenvalue weighted by Gasteiger charge is 2.23. The Labute approximate surface area is 193 Å². The summed E-state index contributed by atoms with van der Waals surface area (Å²) in [6, 6.07) is 18.3. The lowest BCUT2D eigenvalue weighted by Gasteiger charge is -2.29. The number of para-hydroxylation sites is 1. The third-order valence-electron chi connectivity index (χ3n) is 6.33. The first kappa shape index (κ1) is 21.2. The summed E-state index contributed by atoms with van der Waals surface area (Å²) >= 11 is 0. The zero-order valence-corrected chi connectivity index (χ0v) is 19.3. The lowest BCUT2D eigenvalue weighted by atomic mass is 10.0. The molecule has 168 valence electrons. The zero-order chi connectivity index (χ0) is 22.9. The summed E-state index contributed by atoms with van der Waals surface area (Å²) in [5, 5.41) is 5.75. The summed E-state index contributed by atoms with van der Waals surface area (Å²) in [7, 11) is 0. The van der Waals surface area contributed by atoms with E-state index in [-0.39, 0.29) is 12.5 Å². The third kappa shape index (κ3) is 3.97. The third-order valence-corrected chi connectivity index (χ3v) is 6.33. The summed E-state index contributed by atoms with van der Waals surface area (Å²) < 4.78 is 7.77. The standard InChI is InChI=1S/C27H28N4O2/c1-4-20-11-13-22(14-12-20)31-27-26(19(3)29-31)18(2)16-24(28-27)33-17-25(32)30-15-7-9-21-8-5-6-10-23(21)30/h5-6,8,10-14,16H,4,7,9,15,17H2,1-3H3. The van der Waals surface area contributed by atoms with Crippen molar-refractivity contribution < 1.29 is 9.53 Å². The van der Waals surface area contributed by atoms with Crippen molar-refractivity contribution in [1.29, 1.82) is 0 Å². The van der Waals surface area contributed by atoms with E-state index >= 15 is 0 Å². The first-order valence-electron chi connectivity index (χ1n) is 11.5. The molecule has 33 heavy (non-hydrogen) atoms. The van der Waals surface area contributed by atoms with Gasteiger partial charge in [0, 0.05) is 23.7 Å². The molecular formula is C27H28N4O2. The Balaban J connectivity index is 1.42. The Morgan fingerprint density at radius 1 is 1.09 bits per heavy atom. The van der Waals surface area contributed by atoms with E-state index in [9.17, 15) is 4.79 Å². The minimum Gasteiger partial charge on any atom is -0.467 e. The maximum atomic E-state index is 13.0. The molecule has 3 heterocycles. The van der Waals surface area contributed by atoms with E-state index in [0.29, 0.717) is 12.4 Å². The average molecular weight is 441 g/mol. The molecule has 2 aromatic carbocycles. The highest BCUT2D eigenvalue weighted by molar-refractivity contribution is 5.95. The number of fused-ring (bicyclic) bond motifs is 2. The highest BCUT2D eigenvalue weighted by atomic mass is 16.5. The average Bonchev–Trinajstić information content (AvgIpc) is 3.19. The molecule has 0 saturated heterocycles. The van der Waals surface area contributed by atoms with Gasteiger partial charge < -0.3 is 9.64 Å². The number of pyridine rings is 1. The number of hydrogen-bond acceptors (Lipinski definition) is 4. The van der Waals surface area contributed by atoms with E-state index in [1.165, 1.54) is 11.1 Å². The number of hydrogen-bond donors (Lipinski definition) is 0. The van der Waals surface area contributed by atoms with E-state index in [1.807, 2.05) is 47.7 Å². The summed E-state index contributed by atoms with van der Waals surface area (Å²) in [5.41, 5.74) is 7.11. The molecule has 0 bridgehead atoms. The smallest absolute Gasteiger partial charge is 0.264 e. The van der Waals surface area contributed by atoms with Crippen LogP contribution in [0.4, 0.5) is 5.69 Å². The SMILES string of the molecule is CCc1ccc(-n2nc(C)c3c(C)cc(OCC(=O)N4CCCc5ccccc54)nc32)cc1. The van der Waals surface area contributed by atoms with Gasteiger partial charge in [0.25, 0.3) is 5.91 Å². The van der Waals surface area contributed by atoms with Crippen LogP contribution in [-0.2, 0) is 17.6 Å². The molecule has 0 fully saturated rings. The number of rotatable bonds is 5. The van der Waals surface area contributed by atoms with Crippen molar-refractivity contribution in [2.75, 3.05) is 18.1 Å². The molecule has 0 spiro atoms. The van der Waals surface area contributed by atoms with E-state index in [2.05, 4.69) is 37.3 Å². The maximum absolute atomic E-state index is 13.0. The fraction of sp³-hybridized carbons (Fsp3) is 0.296. The Morgan fingerprint density at radius 2 is 1.88 bits per heavy atom. The number of benzene rings is 2. The van der Waals surface area contributed by atoms with Crippen LogP contribution < -0.4 is 9.64 Å². The zero-order valence-electron chi connectivity index (χ0n) is 19.3. The molecular weight excluding hydrogens is 412 g/mol. The molecule has 6 heteroatoms. The molecule has 0 aliphatic carbocycles. The van der Waals surface area contributed by atoms with Crippen LogP contribution in [0.2, 0.25) is 0 Å². The molecule has 2 aromatic heterocycles. The topological polar surface area (TPSA) is 60.3 Å². The molecule has 4 aromatic rings. The quantitative estimate of drug-likeness (QED) is 0.440. The minimum absolute atomic E-state index is 0.0510. The van der Waals surface area contributed by atoms with Crippen molar-refractivity contribution in [3.63, 3.8) is 0 Å². The number of ether oxygens (including phenoxy) is 1. The second-order valence-electron chi connectivity index (χ2n) is 8.56. The van der Waals surface area contributed by atoms with E-state index in [0.717, 1.165) is 52.9 Å². The summed E-state index contributed by atoms with van der Waals surface area (Å²) in [6.45, 7) is 6.82. The largest absolute Gasteiger partial charge is 0.467 e. The number of carbonyl (C=O) groups excluding carboxylic acids is 1. The molecule has 0 unspecified atom stereocenters. The van der Waals surface area contributed by atoms with Crippen molar-refractivity contribution in [1.82, 2.24) is 14.8 Å². The molecule has 0 N–H and O–H groups in total. The molecule has 6 nitrogen and oxygen atoms in total. The van der Waals surface area contributed by atoms with Crippen LogP contribution in [0.25, 0.3) is 16.7 Å². The number of nitrogens with zero attached hydrogens (tertiary/aromatic N) is 4. The van der Waals surface area contributed by atoms with Gasteiger partial charge in [0.2, 0.25) is 5.88 Å². The minimum atomic E-state index is -0.0541. The molecule has 1 amide bonds. The lowest BCUT2D eigenvalue weighted by molar-refractivity contribution is -0.120. The predicted octanol–water partition coefficient (Wildman–Crippen LogP) is 4.96. The van der Waals surface area contributed by atoms with E-state index in [4.69, 9.17) is 14.8 Å². The Hall–Kier alpha value is -3.67. The van der Waals surface area contributed by atoms with Crippen LogP contribution in [0.15, 0.2) is 54.6 Å². The number of amides is 1. The Kier molecular flexibility index (Phi) is 5.58. The number of aromatic nitrogens is 3. The van der Waals surface area contributed by atoms with Gasteiger partial charge in [-0.3, -0.25) is 4.79 Å². The highest BCUT2D eigenvalue weighted by Crippen LogP contribution is 2.28. The second kappa shape index (κ2) is 8.70. The normalized spacial score (nSPS) is 13.2. The van der Waals surface area contributed by atoms with Gasteiger partial charge >= 0.3 is 0 Å². The van der Waals surface area contributed by atoms with Gasteiger partial charge in [-0.25, -0.2) is 4.68 Å². The molecule has 1 aliphatic heterocycles. The second-order valence-corrected chi connectivity index (χ2v) is 8.56. The molecule has 1 aliphatic rings. The fourth-order valence-corrected chi connectivity index (χ4v) is 4.61. The molecule has 0 atom stereocenters. The number of anilines is 1. The fourth-order valence-electron chi connectivity index (χ4n) is 4.61. The van der Waals surface area contributed by atoms with E-state index in [1.54, 1.807) is 0 Å². The van der Waals surface area contributed by atoms with Gasteiger partial charge in [-0.2, -0.15) is 10.1 Å². The van der Waals surface area contributed by atoms with Crippen molar-refractivity contribution >= 4 is 22.6 Å². The van der Waals surface area contributed by atoms with Crippen LogP contribution in [0, 0.1) is 13.8 Å². The first-order chi connectivity index (χ1) is 16.0. The van der Waals surface area contributed by atoms with Crippen LogP contribution in [0.1, 0.15) is 35.7 Å². The molecule has 0 radical (unpaired) electrons. The Bertz CT molecular complexity index is 1320. The summed E-state index contributed by atoms with van der Waals surface area (Å²) in [6.07, 6.45) is 2.95. The van der Waals surface area contributed by atoms with Crippen LogP contribution in [-0.4, -0.2) is 33.8 Å². The van der Waals surface area contributed by atoms with Gasteiger partial charge in [-0.05, 0) is 68.0 Å². The van der Waals surface area contributed by atoms with Gasteiger partial charge in [0.05, 0.1) is 11.4 Å². The van der Waals surface area contributed by atoms with Crippen molar-refractivity contribution in [3.05, 3.63) is 77.0 Å². The summed E-state index contributed by atoms with van der Waals surface area (Å²) in [5.74, 6) is 0.381. The molecule has 5 rings (SSSR count). The summed E-state index contributed by atoms with van der Waals surface area (Å²) in [4.78, 5) is 19.6.